The molecule has 0 spiro atoms. The Kier molecular flexibility index (Phi) is 4.77. The number of hydrogen-bond donors (Lipinski definition) is 0. The zero-order valence-corrected chi connectivity index (χ0v) is 11.7. The SMILES string of the molecule is COC(=O)C(Cc1ccccc1OC)c1ccccc1. The minimum Gasteiger partial charge on any atom is -0.496 e. The quantitative estimate of drug-likeness (QED) is 0.783. The van der Waals surface area contributed by atoms with E-state index in [4.69, 9.17) is 9.47 Å². The lowest BCUT2D eigenvalue weighted by Gasteiger charge is -2.16. The summed E-state index contributed by atoms with van der Waals surface area (Å²) in [5.41, 5.74) is 1.94. The van der Waals surface area contributed by atoms with Gasteiger partial charge >= 0.3 is 5.97 Å². The van der Waals surface area contributed by atoms with Crippen LogP contribution in [0.5, 0.6) is 5.75 Å². The summed E-state index contributed by atoms with van der Waals surface area (Å²) in [4.78, 5) is 12.1. The Hall–Kier alpha value is -2.29. The summed E-state index contributed by atoms with van der Waals surface area (Å²) < 4.78 is 10.3. The van der Waals surface area contributed by atoms with Crippen molar-refractivity contribution in [2.24, 2.45) is 0 Å². The molecule has 0 amide bonds. The Bertz CT molecular complexity index is 563. The number of para-hydroxylation sites is 1. The first-order valence-corrected chi connectivity index (χ1v) is 6.51. The van der Waals surface area contributed by atoms with Crippen LogP contribution in [-0.4, -0.2) is 20.2 Å². The molecule has 3 nitrogen and oxygen atoms in total. The van der Waals surface area contributed by atoms with Crippen molar-refractivity contribution in [2.45, 2.75) is 12.3 Å². The van der Waals surface area contributed by atoms with Gasteiger partial charge in [0, 0.05) is 0 Å². The van der Waals surface area contributed by atoms with E-state index in [-0.39, 0.29) is 11.9 Å². The topological polar surface area (TPSA) is 35.5 Å². The lowest BCUT2D eigenvalue weighted by Crippen LogP contribution is -2.17. The van der Waals surface area contributed by atoms with Crippen molar-refractivity contribution in [3.8, 4) is 5.75 Å². The zero-order valence-electron chi connectivity index (χ0n) is 11.7. The monoisotopic (exact) mass is 270 g/mol. The van der Waals surface area contributed by atoms with Crippen LogP contribution < -0.4 is 4.74 Å². The Morgan fingerprint density at radius 3 is 2.30 bits per heavy atom. The van der Waals surface area contributed by atoms with Crippen LogP contribution in [0.4, 0.5) is 0 Å². The molecule has 0 saturated carbocycles. The second-order valence-electron chi connectivity index (χ2n) is 4.50. The van der Waals surface area contributed by atoms with Crippen LogP contribution in [0.3, 0.4) is 0 Å². The van der Waals surface area contributed by atoms with Crippen LogP contribution in [0.1, 0.15) is 17.0 Å². The predicted molar refractivity (Wildman–Crippen MR) is 77.9 cm³/mol. The van der Waals surface area contributed by atoms with Crippen molar-refractivity contribution in [1.82, 2.24) is 0 Å². The third-order valence-corrected chi connectivity index (χ3v) is 3.30. The molecule has 0 aromatic heterocycles. The average Bonchev–Trinajstić information content (AvgIpc) is 2.53. The Balaban J connectivity index is 2.31. The molecule has 0 saturated heterocycles. The summed E-state index contributed by atoms with van der Waals surface area (Å²) in [5, 5.41) is 0. The second kappa shape index (κ2) is 6.75. The lowest BCUT2D eigenvalue weighted by molar-refractivity contribution is -0.142. The molecule has 20 heavy (non-hydrogen) atoms. The zero-order chi connectivity index (χ0) is 14.4. The highest BCUT2D eigenvalue weighted by atomic mass is 16.5. The molecule has 0 radical (unpaired) electrons. The van der Waals surface area contributed by atoms with E-state index < -0.39 is 0 Å². The van der Waals surface area contributed by atoms with Gasteiger partial charge in [-0.2, -0.15) is 0 Å². The molecule has 2 rings (SSSR count). The molecule has 104 valence electrons. The van der Waals surface area contributed by atoms with E-state index in [1.807, 2.05) is 54.6 Å². The summed E-state index contributed by atoms with van der Waals surface area (Å²) in [6, 6.07) is 17.4. The lowest BCUT2D eigenvalue weighted by atomic mass is 9.91. The smallest absolute Gasteiger partial charge is 0.313 e. The van der Waals surface area contributed by atoms with Gasteiger partial charge < -0.3 is 9.47 Å². The number of hydrogen-bond acceptors (Lipinski definition) is 3. The van der Waals surface area contributed by atoms with E-state index in [2.05, 4.69) is 0 Å². The molecule has 1 unspecified atom stereocenters. The number of carbonyl (C=O) groups excluding carboxylic acids is 1. The normalized spacial score (nSPS) is 11.7. The molecule has 1 atom stereocenters. The van der Waals surface area contributed by atoms with Gasteiger partial charge in [-0.15, -0.1) is 0 Å². The number of esters is 1. The highest BCUT2D eigenvalue weighted by molar-refractivity contribution is 5.78. The summed E-state index contributed by atoms with van der Waals surface area (Å²) >= 11 is 0. The summed E-state index contributed by atoms with van der Waals surface area (Å²) in [7, 11) is 3.05. The first-order valence-electron chi connectivity index (χ1n) is 6.51. The van der Waals surface area contributed by atoms with Gasteiger partial charge in [-0.1, -0.05) is 48.5 Å². The minimum absolute atomic E-state index is 0.234. The second-order valence-corrected chi connectivity index (χ2v) is 4.50. The summed E-state index contributed by atoms with van der Waals surface area (Å²) in [6.45, 7) is 0. The molecule has 2 aromatic rings. The maximum Gasteiger partial charge on any atom is 0.313 e. The van der Waals surface area contributed by atoms with Crippen LogP contribution in [0.2, 0.25) is 0 Å². The molecular weight excluding hydrogens is 252 g/mol. The molecule has 0 heterocycles. The van der Waals surface area contributed by atoms with E-state index >= 15 is 0 Å². The van der Waals surface area contributed by atoms with Crippen LogP contribution in [0.25, 0.3) is 0 Å². The molecule has 0 aliphatic heterocycles. The fourth-order valence-electron chi connectivity index (χ4n) is 2.26. The van der Waals surface area contributed by atoms with Gasteiger partial charge in [0.05, 0.1) is 20.1 Å². The van der Waals surface area contributed by atoms with E-state index in [9.17, 15) is 4.79 Å². The van der Waals surface area contributed by atoms with E-state index in [1.165, 1.54) is 7.11 Å². The van der Waals surface area contributed by atoms with Crippen LogP contribution in [0, 0.1) is 0 Å². The van der Waals surface area contributed by atoms with Crippen molar-refractivity contribution in [2.75, 3.05) is 14.2 Å². The minimum atomic E-state index is -0.322. The molecule has 3 heteroatoms. The van der Waals surface area contributed by atoms with Gasteiger partial charge in [-0.05, 0) is 23.6 Å². The molecular formula is C17H18O3. The fraction of sp³-hybridized carbons (Fsp3) is 0.235. The van der Waals surface area contributed by atoms with Crippen molar-refractivity contribution in [1.29, 1.82) is 0 Å². The molecule has 0 bridgehead atoms. The van der Waals surface area contributed by atoms with Gasteiger partial charge in [0.25, 0.3) is 0 Å². The molecule has 2 aromatic carbocycles. The van der Waals surface area contributed by atoms with Gasteiger partial charge in [0.1, 0.15) is 5.75 Å². The van der Waals surface area contributed by atoms with Crippen LogP contribution >= 0.6 is 0 Å². The van der Waals surface area contributed by atoms with Gasteiger partial charge in [0.15, 0.2) is 0 Å². The van der Waals surface area contributed by atoms with Crippen molar-refractivity contribution >= 4 is 5.97 Å². The Morgan fingerprint density at radius 1 is 1.00 bits per heavy atom. The Morgan fingerprint density at radius 2 is 1.65 bits per heavy atom. The van der Waals surface area contributed by atoms with E-state index in [1.54, 1.807) is 7.11 Å². The van der Waals surface area contributed by atoms with Crippen molar-refractivity contribution in [3.63, 3.8) is 0 Å². The number of benzene rings is 2. The first-order chi connectivity index (χ1) is 9.76. The number of ether oxygens (including phenoxy) is 2. The van der Waals surface area contributed by atoms with Crippen LogP contribution in [-0.2, 0) is 16.0 Å². The maximum atomic E-state index is 12.1. The summed E-state index contributed by atoms with van der Waals surface area (Å²) in [5.74, 6) is 0.233. The van der Waals surface area contributed by atoms with E-state index in [0.717, 1.165) is 16.9 Å². The third-order valence-electron chi connectivity index (χ3n) is 3.30. The molecule has 0 aliphatic rings. The standard InChI is InChI=1S/C17H18O3/c1-19-16-11-7-6-10-14(16)12-15(17(18)20-2)13-8-4-3-5-9-13/h3-11,15H,12H2,1-2H3. The predicted octanol–water partition coefficient (Wildman–Crippen LogP) is 3.19. The van der Waals surface area contributed by atoms with Gasteiger partial charge in [-0.3, -0.25) is 4.79 Å². The number of rotatable bonds is 5. The number of methoxy groups -OCH3 is 2. The number of carbonyl (C=O) groups is 1. The fourth-order valence-corrected chi connectivity index (χ4v) is 2.26. The van der Waals surface area contributed by atoms with Gasteiger partial charge in [-0.25, -0.2) is 0 Å². The van der Waals surface area contributed by atoms with Crippen molar-refractivity contribution in [3.05, 3.63) is 65.7 Å². The van der Waals surface area contributed by atoms with Crippen molar-refractivity contribution < 1.29 is 14.3 Å². The highest BCUT2D eigenvalue weighted by Gasteiger charge is 2.22. The summed E-state index contributed by atoms with van der Waals surface area (Å²) in [6.07, 6.45) is 0.556. The van der Waals surface area contributed by atoms with Crippen LogP contribution in [0.15, 0.2) is 54.6 Å². The average molecular weight is 270 g/mol. The molecule has 0 aliphatic carbocycles. The first kappa shape index (κ1) is 14.1. The van der Waals surface area contributed by atoms with Gasteiger partial charge in [0.2, 0.25) is 0 Å². The maximum absolute atomic E-state index is 12.1. The third kappa shape index (κ3) is 3.18. The molecule has 0 N–H and O–H groups in total. The van der Waals surface area contributed by atoms with E-state index in [0.29, 0.717) is 6.42 Å². The highest BCUT2D eigenvalue weighted by Crippen LogP contribution is 2.27. The Labute approximate surface area is 119 Å². The largest absolute Gasteiger partial charge is 0.496 e. The molecule has 0 fully saturated rings.